The van der Waals surface area contributed by atoms with E-state index in [9.17, 15) is 18.3 Å². The molecule has 0 unspecified atom stereocenters. The Balaban J connectivity index is 2.37. The minimum atomic E-state index is -4.04. The molecule has 7 nitrogen and oxygen atoms in total. The van der Waals surface area contributed by atoms with Crippen LogP contribution in [0.5, 0.6) is 5.75 Å². The van der Waals surface area contributed by atoms with Gasteiger partial charge < -0.3 is 14.6 Å². The molecule has 0 saturated carbocycles. The number of furan rings is 1. The lowest BCUT2D eigenvalue weighted by Crippen LogP contribution is -2.13. The number of aromatic hydroxyl groups is 1. The van der Waals surface area contributed by atoms with Crippen molar-refractivity contribution >= 4 is 21.7 Å². The highest BCUT2D eigenvalue weighted by Gasteiger charge is 2.22. The van der Waals surface area contributed by atoms with E-state index >= 15 is 0 Å². The van der Waals surface area contributed by atoms with Gasteiger partial charge in [-0.2, -0.15) is 8.42 Å². The van der Waals surface area contributed by atoms with Gasteiger partial charge in [-0.3, -0.25) is 4.72 Å². The molecule has 1 aromatic heterocycles. The average Bonchev–Trinajstić information content (AvgIpc) is 2.86. The van der Waals surface area contributed by atoms with E-state index in [-0.39, 0.29) is 11.4 Å². The van der Waals surface area contributed by atoms with Crippen molar-refractivity contribution in [1.82, 2.24) is 0 Å². The maximum atomic E-state index is 12.1. The first-order valence-corrected chi connectivity index (χ1v) is 7.35. The molecule has 0 fully saturated rings. The Morgan fingerprint density at radius 3 is 2.43 bits per heavy atom. The van der Waals surface area contributed by atoms with E-state index in [1.54, 1.807) is 13.8 Å². The fourth-order valence-electron chi connectivity index (χ4n) is 1.69. The van der Waals surface area contributed by atoms with E-state index in [0.717, 1.165) is 12.1 Å². The highest BCUT2D eigenvalue weighted by molar-refractivity contribution is 7.92. The van der Waals surface area contributed by atoms with Crippen LogP contribution in [0.4, 0.5) is 5.69 Å². The van der Waals surface area contributed by atoms with Crippen LogP contribution >= 0.6 is 0 Å². The highest BCUT2D eigenvalue weighted by atomic mass is 32.2. The van der Waals surface area contributed by atoms with Gasteiger partial charge in [-0.25, -0.2) is 4.79 Å². The minimum Gasteiger partial charge on any atom is -0.508 e. The quantitative estimate of drug-likeness (QED) is 0.744. The second-order valence-electron chi connectivity index (χ2n) is 4.48. The van der Waals surface area contributed by atoms with Crippen LogP contribution in [0.25, 0.3) is 0 Å². The molecular formula is C13H13NO6S. The molecule has 0 aliphatic heterocycles. The Morgan fingerprint density at radius 2 is 1.86 bits per heavy atom. The lowest BCUT2D eigenvalue weighted by Gasteiger charge is -2.10. The number of aromatic carboxylic acids is 1. The van der Waals surface area contributed by atoms with Crippen molar-refractivity contribution in [2.45, 2.75) is 18.9 Å². The van der Waals surface area contributed by atoms with E-state index in [2.05, 4.69) is 4.72 Å². The number of nitrogens with one attached hydrogen (secondary N) is 1. The van der Waals surface area contributed by atoms with Gasteiger partial charge in [-0.15, -0.1) is 0 Å². The Morgan fingerprint density at radius 1 is 1.19 bits per heavy atom. The molecule has 0 aliphatic rings. The number of phenolic OH excluding ortho intramolecular Hbond substituents is 1. The van der Waals surface area contributed by atoms with Crippen LogP contribution in [0.15, 0.2) is 33.8 Å². The third-order valence-electron chi connectivity index (χ3n) is 2.84. The smallest absolute Gasteiger partial charge is 0.371 e. The Bertz CT molecular complexity index is 806. The number of carboxylic acid groups (broad SMARTS) is 1. The number of sulfonamides is 1. The summed E-state index contributed by atoms with van der Waals surface area (Å²) in [5.74, 6) is -1.76. The van der Waals surface area contributed by atoms with Gasteiger partial charge >= 0.3 is 5.97 Å². The minimum absolute atomic E-state index is 0.0570. The number of benzene rings is 1. The normalized spacial score (nSPS) is 11.3. The van der Waals surface area contributed by atoms with Crippen LogP contribution in [0, 0.1) is 13.8 Å². The molecule has 21 heavy (non-hydrogen) atoms. The summed E-state index contributed by atoms with van der Waals surface area (Å²) in [4.78, 5) is 10.7. The van der Waals surface area contributed by atoms with Crippen molar-refractivity contribution in [2.75, 3.05) is 4.72 Å². The molecule has 3 N–H and O–H groups in total. The summed E-state index contributed by atoms with van der Waals surface area (Å²) in [6, 6.07) is 5.03. The molecule has 0 saturated heterocycles. The van der Waals surface area contributed by atoms with E-state index in [4.69, 9.17) is 9.52 Å². The zero-order chi connectivity index (χ0) is 15.8. The number of anilines is 1. The van der Waals surface area contributed by atoms with Gasteiger partial charge in [0, 0.05) is 0 Å². The molecule has 2 aromatic rings. The SMILES string of the molecule is Cc1cc(NS(=O)(=O)c2ccc(C(=O)O)o2)c(C)cc1O. The van der Waals surface area contributed by atoms with Crippen LogP contribution in [0.2, 0.25) is 0 Å². The zero-order valence-corrected chi connectivity index (χ0v) is 12.1. The molecule has 8 heteroatoms. The van der Waals surface area contributed by atoms with Crippen molar-refractivity contribution in [3.05, 3.63) is 41.2 Å². The summed E-state index contributed by atoms with van der Waals surface area (Å²) in [6.45, 7) is 3.25. The van der Waals surface area contributed by atoms with E-state index in [1.165, 1.54) is 12.1 Å². The largest absolute Gasteiger partial charge is 0.508 e. The molecule has 1 aromatic carbocycles. The zero-order valence-electron chi connectivity index (χ0n) is 11.2. The average molecular weight is 311 g/mol. The molecule has 0 radical (unpaired) electrons. The molecular weight excluding hydrogens is 298 g/mol. The van der Waals surface area contributed by atoms with Crippen molar-refractivity contribution in [3.8, 4) is 5.75 Å². The summed E-state index contributed by atoms with van der Waals surface area (Å²) < 4.78 is 31.3. The standard InChI is InChI=1S/C13H13NO6S/c1-7-6-10(15)8(2)5-9(7)14-21(18,19)12-4-3-11(20-12)13(16)17/h3-6,14-15H,1-2H3,(H,16,17). The first-order chi connectivity index (χ1) is 9.70. The molecule has 0 spiro atoms. The Labute approximate surface area is 120 Å². The predicted molar refractivity (Wildman–Crippen MR) is 74.1 cm³/mol. The van der Waals surface area contributed by atoms with Gasteiger partial charge in [-0.05, 0) is 49.2 Å². The summed E-state index contributed by atoms with van der Waals surface area (Å²) >= 11 is 0. The van der Waals surface area contributed by atoms with Crippen LogP contribution in [0.1, 0.15) is 21.7 Å². The maximum absolute atomic E-state index is 12.1. The number of hydrogen-bond donors (Lipinski definition) is 3. The topological polar surface area (TPSA) is 117 Å². The molecule has 112 valence electrons. The molecule has 0 amide bonds. The van der Waals surface area contributed by atoms with Crippen LogP contribution in [0.3, 0.4) is 0 Å². The summed E-state index contributed by atoms with van der Waals surface area (Å²) in [6.07, 6.45) is 0. The van der Waals surface area contributed by atoms with Gasteiger partial charge in [0.05, 0.1) is 5.69 Å². The van der Waals surface area contributed by atoms with Crippen LogP contribution in [-0.4, -0.2) is 24.6 Å². The van der Waals surface area contributed by atoms with E-state index < -0.39 is 26.8 Å². The van der Waals surface area contributed by atoms with Crippen molar-refractivity contribution < 1.29 is 27.8 Å². The van der Waals surface area contributed by atoms with Gasteiger partial charge in [0.25, 0.3) is 10.0 Å². The Hall–Kier alpha value is -2.48. The molecule has 0 aliphatic carbocycles. The van der Waals surface area contributed by atoms with E-state index in [0.29, 0.717) is 11.1 Å². The number of phenols is 1. The second-order valence-corrected chi connectivity index (χ2v) is 6.10. The number of carbonyl (C=O) groups is 1. The van der Waals surface area contributed by atoms with Crippen molar-refractivity contribution in [3.63, 3.8) is 0 Å². The fraction of sp³-hybridized carbons (Fsp3) is 0.154. The summed E-state index contributed by atoms with van der Waals surface area (Å²) in [5.41, 5.74) is 1.30. The lowest BCUT2D eigenvalue weighted by atomic mass is 10.1. The monoisotopic (exact) mass is 311 g/mol. The number of hydrogen-bond acceptors (Lipinski definition) is 5. The second kappa shape index (κ2) is 5.13. The first kappa shape index (κ1) is 14.9. The number of rotatable bonds is 4. The van der Waals surface area contributed by atoms with Gasteiger partial charge in [0.15, 0.2) is 0 Å². The Kier molecular flexibility index (Phi) is 3.65. The predicted octanol–water partition coefficient (Wildman–Crippen LogP) is 2.10. The highest BCUT2D eigenvalue weighted by Crippen LogP contribution is 2.27. The summed E-state index contributed by atoms with van der Waals surface area (Å²) in [5, 5.41) is 17.8. The lowest BCUT2D eigenvalue weighted by molar-refractivity contribution is 0.0656. The van der Waals surface area contributed by atoms with Crippen molar-refractivity contribution in [1.29, 1.82) is 0 Å². The van der Waals surface area contributed by atoms with Gasteiger partial charge in [0.2, 0.25) is 10.9 Å². The third-order valence-corrected chi connectivity index (χ3v) is 4.08. The van der Waals surface area contributed by atoms with Crippen molar-refractivity contribution in [2.24, 2.45) is 0 Å². The first-order valence-electron chi connectivity index (χ1n) is 5.87. The maximum Gasteiger partial charge on any atom is 0.371 e. The number of aryl methyl sites for hydroxylation is 2. The van der Waals surface area contributed by atoms with Crippen LogP contribution in [-0.2, 0) is 10.0 Å². The third kappa shape index (κ3) is 3.00. The fourth-order valence-corrected chi connectivity index (χ4v) is 2.74. The van der Waals surface area contributed by atoms with Gasteiger partial charge in [-0.1, -0.05) is 0 Å². The molecule has 2 rings (SSSR count). The number of carboxylic acids is 1. The molecule has 0 atom stereocenters. The summed E-state index contributed by atoms with van der Waals surface area (Å²) in [7, 11) is -4.04. The molecule has 1 heterocycles. The van der Waals surface area contributed by atoms with E-state index in [1.807, 2.05) is 0 Å². The van der Waals surface area contributed by atoms with Gasteiger partial charge in [0.1, 0.15) is 5.75 Å². The van der Waals surface area contributed by atoms with Crippen LogP contribution < -0.4 is 4.72 Å². The molecule has 0 bridgehead atoms.